The molecule has 2 aromatic heterocycles. The topological polar surface area (TPSA) is 58.6 Å². The first-order valence-electron chi connectivity index (χ1n) is 9.32. The van der Waals surface area contributed by atoms with Crippen molar-refractivity contribution in [2.45, 2.75) is 12.8 Å². The molecule has 4 rings (SSSR count). The summed E-state index contributed by atoms with van der Waals surface area (Å²) in [6.45, 7) is 3.60. The van der Waals surface area contributed by atoms with E-state index in [9.17, 15) is 4.79 Å². The van der Waals surface area contributed by atoms with Gasteiger partial charge in [0.1, 0.15) is 16.1 Å². The van der Waals surface area contributed by atoms with Gasteiger partial charge in [-0.15, -0.1) is 0 Å². The quantitative estimate of drug-likeness (QED) is 0.521. The van der Waals surface area contributed by atoms with Gasteiger partial charge in [-0.25, -0.2) is 9.97 Å². The molecule has 1 aliphatic rings. The molecule has 3 aromatic rings. The molecule has 1 aromatic carbocycles. The normalized spacial score (nSPS) is 14.5. The molecule has 0 atom stereocenters. The Labute approximate surface area is 176 Å². The van der Waals surface area contributed by atoms with E-state index in [1.807, 2.05) is 41.3 Å². The Morgan fingerprint density at radius 1 is 1.14 bits per heavy atom. The summed E-state index contributed by atoms with van der Waals surface area (Å²) in [6, 6.07) is 11.6. The molecule has 1 amide bonds. The predicted molar refractivity (Wildman–Crippen MR) is 115 cm³/mol. The van der Waals surface area contributed by atoms with Gasteiger partial charge in [0.05, 0.1) is 11.1 Å². The molecule has 6 nitrogen and oxygen atoms in total. The van der Waals surface area contributed by atoms with Gasteiger partial charge in [0.2, 0.25) is 5.91 Å². The van der Waals surface area contributed by atoms with Crippen LogP contribution in [-0.4, -0.2) is 53.6 Å². The molecule has 0 radical (unpaired) electrons. The van der Waals surface area contributed by atoms with Crippen molar-refractivity contribution < 1.29 is 9.53 Å². The van der Waals surface area contributed by atoms with Crippen molar-refractivity contribution in [3.8, 4) is 5.75 Å². The summed E-state index contributed by atoms with van der Waals surface area (Å²) >= 11 is 5.07. The number of aromatic nitrogens is 2. The molecule has 28 heavy (non-hydrogen) atoms. The number of rotatable bonds is 6. The molecule has 3 heterocycles. The number of halogens is 1. The summed E-state index contributed by atoms with van der Waals surface area (Å²) in [5.41, 5.74) is 0.936. The van der Waals surface area contributed by atoms with Crippen LogP contribution < -0.4 is 9.64 Å². The maximum absolute atomic E-state index is 12.5. The number of thiazole rings is 1. The first-order chi connectivity index (χ1) is 13.7. The molecule has 0 spiro atoms. The van der Waals surface area contributed by atoms with Crippen LogP contribution in [0.3, 0.4) is 0 Å². The fourth-order valence-electron chi connectivity index (χ4n) is 3.17. The van der Waals surface area contributed by atoms with E-state index in [0.29, 0.717) is 19.4 Å². The summed E-state index contributed by atoms with van der Waals surface area (Å²) < 4.78 is 6.67. The average Bonchev–Trinajstić information content (AvgIpc) is 3.17. The molecule has 0 N–H and O–H groups in total. The number of fused-ring (bicyclic) bond motifs is 1. The zero-order valence-electron chi connectivity index (χ0n) is 15.4. The van der Waals surface area contributed by atoms with Gasteiger partial charge in [0, 0.05) is 38.8 Å². The van der Waals surface area contributed by atoms with Crippen molar-refractivity contribution in [1.29, 1.82) is 0 Å². The summed E-state index contributed by atoms with van der Waals surface area (Å²) in [5.74, 6) is 1.01. The third-order valence-corrected chi connectivity index (χ3v) is 6.38. The lowest BCUT2D eigenvalue weighted by atomic mass is 10.2. The van der Waals surface area contributed by atoms with Crippen molar-refractivity contribution in [3.63, 3.8) is 0 Å². The highest BCUT2D eigenvalue weighted by Gasteiger charge is 2.23. The number of hydrogen-bond donors (Lipinski definition) is 0. The van der Waals surface area contributed by atoms with E-state index >= 15 is 0 Å². The summed E-state index contributed by atoms with van der Waals surface area (Å²) in [4.78, 5) is 26.6. The van der Waals surface area contributed by atoms with Gasteiger partial charge in [-0.1, -0.05) is 23.5 Å². The van der Waals surface area contributed by atoms with Crippen LogP contribution >= 0.6 is 27.3 Å². The van der Waals surface area contributed by atoms with Gasteiger partial charge in [-0.05, 0) is 46.6 Å². The van der Waals surface area contributed by atoms with Crippen LogP contribution in [0.5, 0.6) is 5.75 Å². The van der Waals surface area contributed by atoms with Crippen LogP contribution in [0.25, 0.3) is 10.3 Å². The Kier molecular flexibility index (Phi) is 6.07. The Balaban J connectivity index is 1.22. The molecule has 1 aliphatic heterocycles. The maximum atomic E-state index is 12.5. The molecule has 0 saturated carbocycles. The summed E-state index contributed by atoms with van der Waals surface area (Å²) in [5, 5.41) is 0.989. The number of ether oxygens (including phenoxy) is 1. The third kappa shape index (κ3) is 4.44. The lowest BCUT2D eigenvalue weighted by molar-refractivity contribution is -0.131. The SMILES string of the molecule is O=C(CCCOc1ccccc1Br)N1CCN(c2nc3cccnc3s2)CC1. The number of carbonyl (C=O) groups excluding carboxylic acids is 1. The Morgan fingerprint density at radius 3 is 2.75 bits per heavy atom. The van der Waals surface area contributed by atoms with E-state index in [0.717, 1.165) is 51.9 Å². The third-order valence-electron chi connectivity index (χ3n) is 4.69. The second-order valence-corrected chi connectivity index (χ2v) is 8.38. The molecule has 8 heteroatoms. The van der Waals surface area contributed by atoms with Crippen LogP contribution in [-0.2, 0) is 4.79 Å². The first kappa shape index (κ1) is 19.1. The monoisotopic (exact) mass is 460 g/mol. The molecule has 0 unspecified atom stereocenters. The Hall–Kier alpha value is -2.19. The van der Waals surface area contributed by atoms with Crippen LogP contribution in [0.15, 0.2) is 47.1 Å². The highest BCUT2D eigenvalue weighted by atomic mass is 79.9. The zero-order chi connectivity index (χ0) is 19.3. The number of pyridine rings is 1. The number of para-hydroxylation sites is 1. The molecule has 1 fully saturated rings. The molecule has 1 saturated heterocycles. The van der Waals surface area contributed by atoms with E-state index < -0.39 is 0 Å². The lowest BCUT2D eigenvalue weighted by Gasteiger charge is -2.34. The Morgan fingerprint density at radius 2 is 1.96 bits per heavy atom. The van der Waals surface area contributed by atoms with Crippen molar-refractivity contribution in [2.24, 2.45) is 0 Å². The lowest BCUT2D eigenvalue weighted by Crippen LogP contribution is -2.48. The maximum Gasteiger partial charge on any atom is 0.222 e. The zero-order valence-corrected chi connectivity index (χ0v) is 17.8. The van der Waals surface area contributed by atoms with Gasteiger partial charge in [0.25, 0.3) is 0 Å². The van der Waals surface area contributed by atoms with Crippen molar-refractivity contribution in [1.82, 2.24) is 14.9 Å². The number of nitrogens with zero attached hydrogens (tertiary/aromatic N) is 4. The highest BCUT2D eigenvalue weighted by Crippen LogP contribution is 2.28. The predicted octanol–water partition coefficient (Wildman–Crippen LogP) is 3.96. The molecule has 0 bridgehead atoms. The standard InChI is InChI=1S/C20H21BrN4O2S/c21-15-5-1-2-7-17(15)27-14-4-8-18(26)24-10-12-25(13-11-24)20-23-16-6-3-9-22-19(16)28-20/h1-3,5-7,9H,4,8,10-14H2. The van der Waals surface area contributed by atoms with E-state index in [-0.39, 0.29) is 5.91 Å². The minimum absolute atomic E-state index is 0.196. The van der Waals surface area contributed by atoms with Crippen LogP contribution in [0.1, 0.15) is 12.8 Å². The van der Waals surface area contributed by atoms with Crippen LogP contribution in [0.4, 0.5) is 5.13 Å². The Bertz CT molecular complexity index is 923. The van der Waals surface area contributed by atoms with Crippen molar-refractivity contribution in [2.75, 3.05) is 37.7 Å². The molecular weight excluding hydrogens is 440 g/mol. The molecule has 146 valence electrons. The number of carbonyl (C=O) groups is 1. The van der Waals surface area contributed by atoms with Crippen LogP contribution in [0, 0.1) is 0 Å². The summed E-state index contributed by atoms with van der Waals surface area (Å²) in [7, 11) is 0. The van der Waals surface area contributed by atoms with Gasteiger partial charge in [-0.3, -0.25) is 4.79 Å². The minimum atomic E-state index is 0.196. The number of hydrogen-bond acceptors (Lipinski definition) is 6. The summed E-state index contributed by atoms with van der Waals surface area (Å²) in [6.07, 6.45) is 3.01. The first-order valence-corrected chi connectivity index (χ1v) is 10.9. The molecule has 0 aliphatic carbocycles. The highest BCUT2D eigenvalue weighted by molar-refractivity contribution is 9.10. The van der Waals surface area contributed by atoms with E-state index in [2.05, 4.69) is 30.8 Å². The second kappa shape index (κ2) is 8.87. The second-order valence-electron chi connectivity index (χ2n) is 6.57. The minimum Gasteiger partial charge on any atom is -0.492 e. The van der Waals surface area contributed by atoms with Gasteiger partial charge < -0.3 is 14.5 Å². The van der Waals surface area contributed by atoms with Crippen molar-refractivity contribution >= 4 is 48.7 Å². The van der Waals surface area contributed by atoms with E-state index in [1.54, 1.807) is 17.5 Å². The fourth-order valence-corrected chi connectivity index (χ4v) is 4.53. The molecular formula is C20H21BrN4O2S. The number of piperazine rings is 1. The fraction of sp³-hybridized carbons (Fsp3) is 0.350. The van der Waals surface area contributed by atoms with Crippen LogP contribution in [0.2, 0.25) is 0 Å². The van der Waals surface area contributed by atoms with Gasteiger partial charge in [0.15, 0.2) is 5.13 Å². The van der Waals surface area contributed by atoms with E-state index in [1.165, 1.54) is 0 Å². The number of anilines is 1. The average molecular weight is 461 g/mol. The van der Waals surface area contributed by atoms with Gasteiger partial charge >= 0.3 is 0 Å². The largest absolute Gasteiger partial charge is 0.492 e. The number of amides is 1. The smallest absolute Gasteiger partial charge is 0.222 e. The van der Waals surface area contributed by atoms with Crippen molar-refractivity contribution in [3.05, 3.63) is 47.1 Å². The number of benzene rings is 1. The van der Waals surface area contributed by atoms with Gasteiger partial charge in [-0.2, -0.15) is 0 Å². The van der Waals surface area contributed by atoms with E-state index in [4.69, 9.17) is 4.74 Å².